The number of nitrogens with zero attached hydrogens (tertiary/aromatic N) is 1. The Morgan fingerprint density at radius 2 is 1.65 bits per heavy atom. The van der Waals surface area contributed by atoms with Gasteiger partial charge in [0.05, 0.1) is 10.7 Å². The first-order chi connectivity index (χ1) is 9.63. The fourth-order valence-electron chi connectivity index (χ4n) is 1.79. The lowest BCUT2D eigenvalue weighted by atomic mass is 10.2. The van der Waals surface area contributed by atoms with Crippen LogP contribution < -0.4 is 0 Å². The SMILES string of the molecule is Fc1ccc(-c2nc(-c3ccc(Cl)cc3)cs2)cc1Cl. The summed E-state index contributed by atoms with van der Waals surface area (Å²) in [5, 5.41) is 3.55. The second-order valence-corrected chi connectivity index (χ2v) is 5.88. The molecule has 20 heavy (non-hydrogen) atoms. The highest BCUT2D eigenvalue weighted by molar-refractivity contribution is 7.13. The van der Waals surface area contributed by atoms with Crippen LogP contribution in [0.25, 0.3) is 21.8 Å². The van der Waals surface area contributed by atoms with Crippen LogP contribution in [0.1, 0.15) is 0 Å². The molecule has 100 valence electrons. The Balaban J connectivity index is 1.97. The van der Waals surface area contributed by atoms with Gasteiger partial charge in [-0.2, -0.15) is 0 Å². The van der Waals surface area contributed by atoms with Crippen LogP contribution >= 0.6 is 34.5 Å². The summed E-state index contributed by atoms with van der Waals surface area (Å²) >= 11 is 13.1. The van der Waals surface area contributed by atoms with E-state index in [1.807, 2.05) is 29.6 Å². The molecule has 1 aromatic heterocycles. The van der Waals surface area contributed by atoms with Crippen molar-refractivity contribution in [3.05, 3.63) is 63.7 Å². The molecule has 3 aromatic rings. The quantitative estimate of drug-likeness (QED) is 0.570. The van der Waals surface area contributed by atoms with E-state index in [1.54, 1.807) is 12.1 Å². The normalized spacial score (nSPS) is 10.8. The molecule has 0 spiro atoms. The second kappa shape index (κ2) is 5.52. The Labute approximate surface area is 129 Å². The molecule has 0 atom stereocenters. The minimum Gasteiger partial charge on any atom is -0.236 e. The molecule has 1 heterocycles. The Hall–Kier alpha value is -1.42. The zero-order valence-corrected chi connectivity index (χ0v) is 12.4. The summed E-state index contributed by atoms with van der Waals surface area (Å²) in [6.07, 6.45) is 0. The van der Waals surface area contributed by atoms with Gasteiger partial charge in [-0.25, -0.2) is 9.37 Å². The maximum Gasteiger partial charge on any atom is 0.141 e. The third-order valence-corrected chi connectivity index (χ3v) is 4.24. The maximum atomic E-state index is 13.2. The number of halogens is 3. The van der Waals surface area contributed by atoms with Crippen molar-refractivity contribution in [3.63, 3.8) is 0 Å². The van der Waals surface area contributed by atoms with Crippen LogP contribution in [0.5, 0.6) is 0 Å². The van der Waals surface area contributed by atoms with E-state index in [0.29, 0.717) is 5.02 Å². The van der Waals surface area contributed by atoms with Gasteiger partial charge in [0.15, 0.2) is 0 Å². The molecule has 0 aliphatic rings. The fraction of sp³-hybridized carbons (Fsp3) is 0. The first-order valence-electron chi connectivity index (χ1n) is 5.80. The van der Waals surface area contributed by atoms with Crippen molar-refractivity contribution >= 4 is 34.5 Å². The molecule has 1 nitrogen and oxygen atoms in total. The third kappa shape index (κ3) is 2.70. The van der Waals surface area contributed by atoms with E-state index >= 15 is 0 Å². The fourth-order valence-corrected chi connectivity index (χ4v) is 2.92. The van der Waals surface area contributed by atoms with Gasteiger partial charge >= 0.3 is 0 Å². The standard InChI is InChI=1S/C15H8Cl2FNS/c16-11-4-1-9(2-5-11)14-8-20-15(19-14)10-3-6-13(18)12(17)7-10/h1-8H. The maximum absolute atomic E-state index is 13.2. The van der Waals surface area contributed by atoms with E-state index in [2.05, 4.69) is 4.98 Å². The molecule has 0 radical (unpaired) electrons. The zero-order valence-electron chi connectivity index (χ0n) is 10.1. The van der Waals surface area contributed by atoms with E-state index < -0.39 is 5.82 Å². The van der Waals surface area contributed by atoms with Crippen LogP contribution in [0.3, 0.4) is 0 Å². The summed E-state index contributed by atoms with van der Waals surface area (Å²) in [4.78, 5) is 4.55. The monoisotopic (exact) mass is 323 g/mol. The van der Waals surface area contributed by atoms with E-state index in [9.17, 15) is 4.39 Å². The molecule has 2 aromatic carbocycles. The van der Waals surface area contributed by atoms with Gasteiger partial charge in [-0.1, -0.05) is 35.3 Å². The minimum absolute atomic E-state index is 0.103. The number of hydrogen-bond acceptors (Lipinski definition) is 2. The first kappa shape index (κ1) is 13.6. The van der Waals surface area contributed by atoms with Crippen LogP contribution in [0.15, 0.2) is 47.8 Å². The molecule has 3 rings (SSSR count). The van der Waals surface area contributed by atoms with Gasteiger partial charge in [0.1, 0.15) is 10.8 Å². The molecule has 0 aliphatic heterocycles. The lowest BCUT2D eigenvalue weighted by molar-refractivity contribution is 0.628. The molecule has 0 saturated heterocycles. The van der Waals surface area contributed by atoms with Crippen molar-refractivity contribution in [2.24, 2.45) is 0 Å². The summed E-state index contributed by atoms with van der Waals surface area (Å²) in [6.45, 7) is 0. The molecule has 5 heteroatoms. The van der Waals surface area contributed by atoms with E-state index in [0.717, 1.165) is 21.8 Å². The van der Waals surface area contributed by atoms with Gasteiger partial charge in [0.25, 0.3) is 0 Å². The summed E-state index contributed by atoms with van der Waals surface area (Å²) in [6, 6.07) is 12.1. The highest BCUT2D eigenvalue weighted by Crippen LogP contribution is 2.31. The Bertz CT molecular complexity index is 753. The van der Waals surface area contributed by atoms with Crippen LogP contribution in [0.2, 0.25) is 10.0 Å². The molecule has 0 amide bonds. The van der Waals surface area contributed by atoms with Crippen LogP contribution in [-0.4, -0.2) is 4.98 Å². The van der Waals surface area contributed by atoms with Gasteiger partial charge in [-0.05, 0) is 30.3 Å². The molecular weight excluding hydrogens is 316 g/mol. The van der Waals surface area contributed by atoms with Gasteiger partial charge in [0, 0.05) is 21.5 Å². The van der Waals surface area contributed by atoms with Crippen molar-refractivity contribution < 1.29 is 4.39 Å². The predicted octanol–water partition coefficient (Wildman–Crippen LogP) is 5.92. The first-order valence-corrected chi connectivity index (χ1v) is 7.44. The molecular formula is C15H8Cl2FNS. The average molecular weight is 324 g/mol. The molecule has 0 unspecified atom stereocenters. The van der Waals surface area contributed by atoms with Gasteiger partial charge in [0.2, 0.25) is 0 Å². The van der Waals surface area contributed by atoms with Crippen molar-refractivity contribution in [1.29, 1.82) is 0 Å². The molecule has 0 bridgehead atoms. The Kier molecular flexibility index (Phi) is 3.74. The molecule has 0 saturated carbocycles. The highest BCUT2D eigenvalue weighted by atomic mass is 35.5. The number of benzene rings is 2. The Morgan fingerprint density at radius 3 is 2.35 bits per heavy atom. The topological polar surface area (TPSA) is 12.9 Å². The van der Waals surface area contributed by atoms with Gasteiger partial charge < -0.3 is 0 Å². The average Bonchev–Trinajstić information content (AvgIpc) is 2.92. The molecule has 0 fully saturated rings. The van der Waals surface area contributed by atoms with Crippen molar-refractivity contribution in [1.82, 2.24) is 4.98 Å². The number of rotatable bonds is 2. The second-order valence-electron chi connectivity index (χ2n) is 4.17. The van der Waals surface area contributed by atoms with Crippen molar-refractivity contribution in [2.75, 3.05) is 0 Å². The summed E-state index contributed by atoms with van der Waals surface area (Å²) in [7, 11) is 0. The Morgan fingerprint density at radius 1 is 0.950 bits per heavy atom. The molecule has 0 aliphatic carbocycles. The number of thiazole rings is 1. The highest BCUT2D eigenvalue weighted by Gasteiger charge is 2.08. The summed E-state index contributed by atoms with van der Waals surface area (Å²) in [5.74, 6) is -0.426. The van der Waals surface area contributed by atoms with Crippen molar-refractivity contribution in [2.45, 2.75) is 0 Å². The smallest absolute Gasteiger partial charge is 0.141 e. The van der Waals surface area contributed by atoms with E-state index in [-0.39, 0.29) is 5.02 Å². The predicted molar refractivity (Wildman–Crippen MR) is 83.0 cm³/mol. The van der Waals surface area contributed by atoms with E-state index in [1.165, 1.54) is 17.4 Å². The number of hydrogen-bond donors (Lipinski definition) is 0. The van der Waals surface area contributed by atoms with Crippen LogP contribution in [-0.2, 0) is 0 Å². The van der Waals surface area contributed by atoms with Crippen LogP contribution in [0, 0.1) is 5.82 Å². The van der Waals surface area contributed by atoms with Gasteiger partial charge in [-0.3, -0.25) is 0 Å². The van der Waals surface area contributed by atoms with Crippen LogP contribution in [0.4, 0.5) is 4.39 Å². The lowest BCUT2D eigenvalue weighted by Gasteiger charge is -1.99. The summed E-state index contributed by atoms with van der Waals surface area (Å²) < 4.78 is 13.2. The minimum atomic E-state index is -0.426. The van der Waals surface area contributed by atoms with E-state index in [4.69, 9.17) is 23.2 Å². The summed E-state index contributed by atoms with van der Waals surface area (Å²) in [5.41, 5.74) is 2.66. The zero-order chi connectivity index (χ0) is 14.1. The third-order valence-electron chi connectivity index (χ3n) is 2.81. The largest absolute Gasteiger partial charge is 0.236 e. The molecule has 0 N–H and O–H groups in total. The lowest BCUT2D eigenvalue weighted by Crippen LogP contribution is -1.82. The van der Waals surface area contributed by atoms with Crippen molar-refractivity contribution in [3.8, 4) is 21.8 Å². The number of aromatic nitrogens is 1. The van der Waals surface area contributed by atoms with Gasteiger partial charge in [-0.15, -0.1) is 11.3 Å².